The molecule has 4 rings (SSSR count). The number of benzene rings is 3. The highest BCUT2D eigenvalue weighted by molar-refractivity contribution is 7.90. The van der Waals surface area contributed by atoms with Crippen LogP contribution >= 0.6 is 0 Å². The summed E-state index contributed by atoms with van der Waals surface area (Å²) >= 11 is 0. The second-order valence-corrected chi connectivity index (χ2v) is 9.46. The van der Waals surface area contributed by atoms with Gasteiger partial charge in [0.25, 0.3) is 10.0 Å². The molecule has 1 aliphatic rings. The number of carboxylic acid groups (broad SMARTS) is 1. The summed E-state index contributed by atoms with van der Waals surface area (Å²) in [5.74, 6) is -2.32. The Morgan fingerprint density at radius 1 is 0.882 bits per heavy atom. The molecule has 0 aliphatic heterocycles. The molecule has 34 heavy (non-hydrogen) atoms. The van der Waals surface area contributed by atoms with Gasteiger partial charge in [-0.15, -0.1) is 0 Å². The summed E-state index contributed by atoms with van der Waals surface area (Å²) in [6, 6.07) is 18.0. The number of hydrogen-bond acceptors (Lipinski definition) is 4. The summed E-state index contributed by atoms with van der Waals surface area (Å²) in [4.78, 5) is 25.2. The van der Waals surface area contributed by atoms with Crippen LogP contribution in [0.5, 0.6) is 0 Å². The van der Waals surface area contributed by atoms with Crippen molar-refractivity contribution in [2.75, 3.05) is 13.1 Å². The molecule has 174 valence electrons. The largest absolute Gasteiger partial charge is 0.480 e. The standard InChI is InChI=1S/C25H21FN2O5S/c26-19-11-13-20(14-12-19)34(32,33)27-25(31)28(16-24(29)30)15-23-21-7-3-1-5-17(21)9-10-18-6-2-4-8-22(18)23/h1-14,23H,15-16H2,(H,27,31)(H,29,30). The van der Waals surface area contributed by atoms with E-state index in [1.54, 1.807) is 0 Å². The molecular weight excluding hydrogens is 459 g/mol. The number of carboxylic acids is 1. The summed E-state index contributed by atoms with van der Waals surface area (Å²) in [5, 5.41) is 9.43. The predicted molar refractivity (Wildman–Crippen MR) is 125 cm³/mol. The van der Waals surface area contributed by atoms with Gasteiger partial charge in [0.05, 0.1) is 4.90 Å². The normalized spacial score (nSPS) is 12.9. The van der Waals surface area contributed by atoms with Crippen LogP contribution in [0.15, 0.2) is 77.7 Å². The first kappa shape index (κ1) is 23.2. The SMILES string of the molecule is O=C(O)CN(CC1c2ccccc2C=Cc2ccccc21)C(=O)NS(=O)(=O)c1ccc(F)cc1. The second kappa shape index (κ2) is 9.48. The number of fused-ring (bicyclic) bond motifs is 2. The van der Waals surface area contributed by atoms with Gasteiger partial charge in [-0.25, -0.2) is 22.3 Å². The number of carbonyl (C=O) groups excluding carboxylic acids is 1. The Morgan fingerprint density at radius 3 is 1.94 bits per heavy atom. The van der Waals surface area contributed by atoms with Crippen molar-refractivity contribution in [3.8, 4) is 0 Å². The van der Waals surface area contributed by atoms with E-state index in [2.05, 4.69) is 0 Å². The molecule has 0 saturated heterocycles. The number of hydrogen-bond donors (Lipinski definition) is 2. The van der Waals surface area contributed by atoms with Gasteiger partial charge >= 0.3 is 12.0 Å². The zero-order valence-electron chi connectivity index (χ0n) is 17.9. The van der Waals surface area contributed by atoms with Crippen molar-refractivity contribution in [3.63, 3.8) is 0 Å². The fourth-order valence-corrected chi connectivity index (χ4v) is 4.93. The maximum absolute atomic E-state index is 13.2. The Labute approximate surface area is 196 Å². The van der Waals surface area contributed by atoms with Crippen LogP contribution < -0.4 is 4.72 Å². The summed E-state index contributed by atoms with van der Waals surface area (Å²) in [6.45, 7) is -0.786. The third-order valence-corrected chi connectivity index (χ3v) is 6.88. The molecule has 2 amide bonds. The van der Waals surface area contributed by atoms with Gasteiger partial charge in [-0.2, -0.15) is 0 Å². The minimum Gasteiger partial charge on any atom is -0.480 e. The number of amides is 2. The molecule has 9 heteroatoms. The van der Waals surface area contributed by atoms with Gasteiger partial charge in [0, 0.05) is 12.5 Å². The zero-order chi connectivity index (χ0) is 24.3. The molecule has 0 atom stereocenters. The topological polar surface area (TPSA) is 104 Å². The molecule has 2 N–H and O–H groups in total. The summed E-state index contributed by atoms with van der Waals surface area (Å²) in [7, 11) is -4.34. The van der Waals surface area contributed by atoms with Crippen LogP contribution in [0.1, 0.15) is 28.2 Å². The van der Waals surface area contributed by atoms with Gasteiger partial charge in [-0.1, -0.05) is 60.7 Å². The monoisotopic (exact) mass is 480 g/mol. The van der Waals surface area contributed by atoms with E-state index in [-0.39, 0.29) is 11.4 Å². The van der Waals surface area contributed by atoms with Crippen molar-refractivity contribution in [1.29, 1.82) is 0 Å². The maximum atomic E-state index is 13.2. The molecule has 0 bridgehead atoms. The van der Waals surface area contributed by atoms with Crippen molar-refractivity contribution in [1.82, 2.24) is 9.62 Å². The molecule has 3 aromatic rings. The number of halogens is 1. The molecule has 0 saturated carbocycles. The lowest BCUT2D eigenvalue weighted by Gasteiger charge is -2.28. The Hall–Kier alpha value is -3.98. The van der Waals surface area contributed by atoms with E-state index >= 15 is 0 Å². The lowest BCUT2D eigenvalue weighted by atomic mass is 9.87. The first-order valence-corrected chi connectivity index (χ1v) is 11.9. The highest BCUT2D eigenvalue weighted by atomic mass is 32.2. The van der Waals surface area contributed by atoms with E-state index in [1.165, 1.54) is 0 Å². The number of urea groups is 1. The van der Waals surface area contributed by atoms with Crippen LogP contribution in [0.4, 0.5) is 9.18 Å². The quantitative estimate of drug-likeness (QED) is 0.557. The molecule has 3 aromatic carbocycles. The van der Waals surface area contributed by atoms with Gasteiger partial charge < -0.3 is 10.0 Å². The molecule has 7 nitrogen and oxygen atoms in total. The Kier molecular flexibility index (Phi) is 6.47. The van der Waals surface area contributed by atoms with E-state index in [9.17, 15) is 27.5 Å². The first-order chi connectivity index (χ1) is 16.2. The smallest absolute Gasteiger partial charge is 0.331 e. The lowest BCUT2D eigenvalue weighted by Crippen LogP contribution is -2.46. The highest BCUT2D eigenvalue weighted by Gasteiger charge is 2.29. The Morgan fingerprint density at radius 2 is 1.41 bits per heavy atom. The number of aliphatic carboxylic acids is 1. The molecule has 0 fully saturated rings. The average molecular weight is 481 g/mol. The van der Waals surface area contributed by atoms with Gasteiger partial charge in [0.2, 0.25) is 0 Å². The van der Waals surface area contributed by atoms with Gasteiger partial charge in [-0.3, -0.25) is 4.79 Å². The fourth-order valence-electron chi connectivity index (χ4n) is 3.96. The van der Waals surface area contributed by atoms with E-state index in [0.717, 1.165) is 51.4 Å². The number of rotatable bonds is 6. The fraction of sp³-hybridized carbons (Fsp3) is 0.120. The molecule has 0 spiro atoms. The van der Waals surface area contributed by atoms with Crippen LogP contribution in [0.25, 0.3) is 12.2 Å². The predicted octanol–water partition coefficient (Wildman–Crippen LogP) is 3.93. The van der Waals surface area contributed by atoms with Crippen LogP contribution in [0.2, 0.25) is 0 Å². The third kappa shape index (κ3) is 4.99. The minimum absolute atomic E-state index is 0.0766. The van der Waals surface area contributed by atoms with E-state index in [0.29, 0.717) is 0 Å². The molecule has 0 aromatic heterocycles. The third-order valence-electron chi connectivity index (χ3n) is 5.55. The molecule has 0 unspecified atom stereocenters. The summed E-state index contributed by atoms with van der Waals surface area (Å²) in [5.41, 5.74) is 3.60. The number of sulfonamides is 1. The summed E-state index contributed by atoms with van der Waals surface area (Å²) in [6.07, 6.45) is 3.91. The zero-order valence-corrected chi connectivity index (χ0v) is 18.7. The van der Waals surface area contributed by atoms with Gasteiger partial charge in [0.1, 0.15) is 12.4 Å². The number of nitrogens with zero attached hydrogens (tertiary/aromatic N) is 1. The number of nitrogens with one attached hydrogen (secondary N) is 1. The first-order valence-electron chi connectivity index (χ1n) is 10.4. The highest BCUT2D eigenvalue weighted by Crippen LogP contribution is 2.35. The molecule has 1 aliphatic carbocycles. The molecule has 0 heterocycles. The minimum atomic E-state index is -4.34. The van der Waals surface area contributed by atoms with Crippen LogP contribution in [-0.4, -0.2) is 43.5 Å². The van der Waals surface area contributed by atoms with E-state index < -0.39 is 40.3 Å². The second-order valence-electron chi connectivity index (χ2n) is 7.78. The number of carbonyl (C=O) groups is 2. The van der Waals surface area contributed by atoms with Crippen molar-refractivity contribution < 1.29 is 27.5 Å². The van der Waals surface area contributed by atoms with Crippen LogP contribution in [0.3, 0.4) is 0 Å². The van der Waals surface area contributed by atoms with Crippen molar-refractivity contribution >= 4 is 34.2 Å². The maximum Gasteiger partial charge on any atom is 0.331 e. The molecular formula is C25H21FN2O5S. The van der Waals surface area contributed by atoms with Gasteiger partial charge in [-0.05, 0) is 46.5 Å². The van der Waals surface area contributed by atoms with Crippen LogP contribution in [0, 0.1) is 5.82 Å². The summed E-state index contributed by atoms with van der Waals surface area (Å²) < 4.78 is 40.4. The van der Waals surface area contributed by atoms with Gasteiger partial charge in [0.15, 0.2) is 0 Å². The molecule has 0 radical (unpaired) electrons. The van der Waals surface area contributed by atoms with E-state index in [1.807, 2.05) is 65.4 Å². The van der Waals surface area contributed by atoms with Crippen LogP contribution in [-0.2, 0) is 14.8 Å². The van der Waals surface area contributed by atoms with E-state index in [4.69, 9.17) is 0 Å². The van der Waals surface area contributed by atoms with Crippen molar-refractivity contribution in [2.45, 2.75) is 10.8 Å². The Balaban J connectivity index is 1.68. The van der Waals surface area contributed by atoms with Crippen molar-refractivity contribution in [3.05, 3.63) is 101 Å². The van der Waals surface area contributed by atoms with Crippen molar-refractivity contribution in [2.24, 2.45) is 0 Å². The average Bonchev–Trinajstić information content (AvgIpc) is 2.96. The lowest BCUT2D eigenvalue weighted by molar-refractivity contribution is -0.137. The Bertz CT molecular complexity index is 1320.